The summed E-state index contributed by atoms with van der Waals surface area (Å²) in [5, 5.41) is 8.33. The minimum absolute atomic E-state index is 0.0166. The summed E-state index contributed by atoms with van der Waals surface area (Å²) in [6.45, 7) is -0.238. The first kappa shape index (κ1) is 14.1. The van der Waals surface area contributed by atoms with E-state index < -0.39 is 12.1 Å². The van der Waals surface area contributed by atoms with Gasteiger partial charge in [0.25, 0.3) is 0 Å². The summed E-state index contributed by atoms with van der Waals surface area (Å²) < 4.78 is 59.6. The standard InChI is InChI=1S/C7H8F5IO/c8-6(9,7(10,11)12)4-5(13)2-1-3-14/h4,14H,1-3H2/b5-4-. The third kappa shape index (κ3) is 4.54. The Hall–Kier alpha value is 0.0800. The van der Waals surface area contributed by atoms with Crippen LogP contribution in [0.5, 0.6) is 0 Å². The fourth-order valence-corrected chi connectivity index (χ4v) is 1.37. The topological polar surface area (TPSA) is 20.2 Å². The van der Waals surface area contributed by atoms with Gasteiger partial charge in [-0.2, -0.15) is 22.0 Å². The van der Waals surface area contributed by atoms with Gasteiger partial charge in [-0.05, 0) is 39.0 Å². The summed E-state index contributed by atoms with van der Waals surface area (Å²) in [5.74, 6) is -4.79. The molecular weight excluding hydrogens is 322 g/mol. The minimum Gasteiger partial charge on any atom is -0.396 e. The lowest BCUT2D eigenvalue weighted by Gasteiger charge is -2.16. The van der Waals surface area contributed by atoms with E-state index in [-0.39, 0.29) is 29.1 Å². The molecule has 0 atom stereocenters. The summed E-state index contributed by atoms with van der Waals surface area (Å²) in [6.07, 6.45) is -5.49. The molecule has 0 fully saturated rings. The van der Waals surface area contributed by atoms with Gasteiger partial charge in [-0.1, -0.05) is 0 Å². The molecule has 0 aliphatic carbocycles. The van der Waals surface area contributed by atoms with Gasteiger partial charge in [0.1, 0.15) is 0 Å². The Morgan fingerprint density at radius 3 is 2.07 bits per heavy atom. The molecule has 0 rings (SSSR count). The Bertz CT molecular complexity index is 211. The van der Waals surface area contributed by atoms with Crippen LogP contribution in [-0.4, -0.2) is 23.8 Å². The van der Waals surface area contributed by atoms with Crippen molar-refractivity contribution in [2.45, 2.75) is 24.9 Å². The molecule has 0 aromatic carbocycles. The van der Waals surface area contributed by atoms with Crippen LogP contribution in [0.25, 0.3) is 0 Å². The fourth-order valence-electron chi connectivity index (χ4n) is 0.599. The number of hydrogen-bond donors (Lipinski definition) is 1. The highest BCUT2D eigenvalue weighted by molar-refractivity contribution is 14.1. The minimum atomic E-state index is -5.55. The summed E-state index contributed by atoms with van der Waals surface area (Å²) in [4.78, 5) is 0. The molecule has 0 radical (unpaired) electrons. The predicted molar refractivity (Wildman–Crippen MR) is 49.4 cm³/mol. The summed E-state index contributed by atoms with van der Waals surface area (Å²) in [5.41, 5.74) is 0. The van der Waals surface area contributed by atoms with Crippen molar-refractivity contribution in [3.63, 3.8) is 0 Å². The smallest absolute Gasteiger partial charge is 0.396 e. The first-order valence-corrected chi connectivity index (χ1v) is 4.71. The van der Waals surface area contributed by atoms with Gasteiger partial charge in [-0.15, -0.1) is 0 Å². The van der Waals surface area contributed by atoms with E-state index >= 15 is 0 Å². The van der Waals surface area contributed by atoms with E-state index in [4.69, 9.17) is 5.11 Å². The Labute approximate surface area is 91.1 Å². The summed E-state index contributed by atoms with van der Waals surface area (Å²) >= 11 is 1.40. The number of allylic oxidation sites excluding steroid dienone is 2. The van der Waals surface area contributed by atoms with Gasteiger partial charge < -0.3 is 5.11 Å². The Morgan fingerprint density at radius 2 is 1.71 bits per heavy atom. The highest BCUT2D eigenvalue weighted by Gasteiger charge is 2.55. The maximum absolute atomic E-state index is 12.3. The van der Waals surface area contributed by atoms with Gasteiger partial charge in [0, 0.05) is 12.7 Å². The van der Waals surface area contributed by atoms with Crippen LogP contribution in [0.4, 0.5) is 22.0 Å². The predicted octanol–water partition coefficient (Wildman–Crippen LogP) is 3.28. The van der Waals surface area contributed by atoms with E-state index in [2.05, 4.69) is 0 Å². The molecular formula is C7H8F5IO. The average molecular weight is 330 g/mol. The van der Waals surface area contributed by atoms with Crippen molar-refractivity contribution < 1.29 is 27.1 Å². The van der Waals surface area contributed by atoms with Gasteiger partial charge in [0.2, 0.25) is 0 Å². The molecule has 0 aromatic heterocycles. The molecule has 0 amide bonds. The second-order valence-corrected chi connectivity index (χ2v) is 3.92. The average Bonchev–Trinajstić information content (AvgIpc) is 1.97. The van der Waals surface area contributed by atoms with Gasteiger partial charge in [0.15, 0.2) is 0 Å². The van der Waals surface area contributed by atoms with Crippen molar-refractivity contribution >= 4 is 22.6 Å². The van der Waals surface area contributed by atoms with Crippen LogP contribution >= 0.6 is 22.6 Å². The zero-order valence-corrected chi connectivity index (χ0v) is 9.07. The molecule has 0 spiro atoms. The Kier molecular flexibility index (Phi) is 5.27. The van der Waals surface area contributed by atoms with Gasteiger partial charge in [0.05, 0.1) is 0 Å². The molecule has 0 saturated carbocycles. The maximum Gasteiger partial charge on any atom is 0.457 e. The van der Waals surface area contributed by atoms with E-state index in [1.54, 1.807) is 0 Å². The lowest BCUT2D eigenvalue weighted by molar-refractivity contribution is -0.259. The Balaban J connectivity index is 4.46. The molecule has 7 heteroatoms. The molecule has 0 aliphatic rings. The van der Waals surface area contributed by atoms with E-state index in [1.165, 1.54) is 22.6 Å². The van der Waals surface area contributed by atoms with E-state index in [0.717, 1.165) is 0 Å². The maximum atomic E-state index is 12.3. The molecule has 84 valence electrons. The van der Waals surface area contributed by atoms with Crippen molar-refractivity contribution in [3.05, 3.63) is 9.66 Å². The molecule has 1 N–H and O–H groups in total. The molecule has 1 nitrogen and oxygen atoms in total. The first-order valence-electron chi connectivity index (χ1n) is 3.63. The van der Waals surface area contributed by atoms with Crippen molar-refractivity contribution in [3.8, 4) is 0 Å². The van der Waals surface area contributed by atoms with E-state index in [1.807, 2.05) is 0 Å². The molecule has 0 aliphatic heterocycles. The molecule has 0 aromatic rings. The lowest BCUT2D eigenvalue weighted by atomic mass is 10.2. The van der Waals surface area contributed by atoms with Crippen LogP contribution in [0.1, 0.15) is 12.8 Å². The Morgan fingerprint density at radius 1 is 1.21 bits per heavy atom. The zero-order valence-electron chi connectivity index (χ0n) is 6.91. The van der Waals surface area contributed by atoms with Crippen LogP contribution in [0.3, 0.4) is 0 Å². The molecule has 0 saturated heterocycles. The monoisotopic (exact) mass is 330 g/mol. The van der Waals surface area contributed by atoms with Crippen molar-refractivity contribution in [2.75, 3.05) is 6.61 Å². The third-order valence-electron chi connectivity index (χ3n) is 1.29. The van der Waals surface area contributed by atoms with Gasteiger partial charge in [-0.3, -0.25) is 0 Å². The quantitative estimate of drug-likeness (QED) is 0.620. The number of aliphatic hydroxyl groups excluding tert-OH is 1. The molecule has 0 bridgehead atoms. The van der Waals surface area contributed by atoms with Crippen LogP contribution in [0.15, 0.2) is 9.66 Å². The second-order valence-electron chi connectivity index (χ2n) is 2.54. The molecule has 0 unspecified atom stereocenters. The molecule has 0 heterocycles. The highest BCUT2D eigenvalue weighted by Crippen LogP contribution is 2.38. The van der Waals surface area contributed by atoms with Crippen LogP contribution in [0.2, 0.25) is 0 Å². The van der Waals surface area contributed by atoms with Crippen molar-refractivity contribution in [2.24, 2.45) is 0 Å². The van der Waals surface area contributed by atoms with Crippen LogP contribution < -0.4 is 0 Å². The largest absolute Gasteiger partial charge is 0.457 e. The van der Waals surface area contributed by atoms with Crippen LogP contribution in [-0.2, 0) is 0 Å². The zero-order chi connectivity index (χ0) is 11.4. The normalized spacial score (nSPS) is 14.6. The summed E-state index contributed by atoms with van der Waals surface area (Å²) in [6, 6.07) is 0. The fraction of sp³-hybridized carbons (Fsp3) is 0.714. The van der Waals surface area contributed by atoms with E-state index in [0.29, 0.717) is 0 Å². The number of rotatable bonds is 4. The number of halogens is 6. The van der Waals surface area contributed by atoms with Crippen molar-refractivity contribution in [1.82, 2.24) is 0 Å². The first-order chi connectivity index (χ1) is 6.20. The second kappa shape index (κ2) is 5.24. The van der Waals surface area contributed by atoms with E-state index in [9.17, 15) is 22.0 Å². The highest BCUT2D eigenvalue weighted by atomic mass is 127. The lowest BCUT2D eigenvalue weighted by Crippen LogP contribution is -2.34. The number of hydrogen-bond acceptors (Lipinski definition) is 1. The van der Waals surface area contributed by atoms with Gasteiger partial charge in [-0.25, -0.2) is 0 Å². The number of aliphatic hydroxyl groups is 1. The third-order valence-corrected chi connectivity index (χ3v) is 2.14. The van der Waals surface area contributed by atoms with Crippen LogP contribution in [0, 0.1) is 0 Å². The molecule has 14 heavy (non-hydrogen) atoms. The van der Waals surface area contributed by atoms with Gasteiger partial charge >= 0.3 is 12.1 Å². The SMILES string of the molecule is OCCC/C(I)=C/C(F)(F)C(F)(F)F. The summed E-state index contributed by atoms with van der Waals surface area (Å²) in [7, 11) is 0. The number of alkyl halides is 5. The van der Waals surface area contributed by atoms with Crippen molar-refractivity contribution in [1.29, 1.82) is 0 Å².